The van der Waals surface area contributed by atoms with Crippen molar-refractivity contribution in [1.29, 1.82) is 0 Å². The van der Waals surface area contributed by atoms with Crippen LogP contribution in [0.3, 0.4) is 0 Å². The number of hydrogen-bond donors (Lipinski definition) is 0. The van der Waals surface area contributed by atoms with E-state index >= 15 is 0 Å². The van der Waals surface area contributed by atoms with Crippen LogP contribution in [0.1, 0.15) is 19.8 Å². The van der Waals surface area contributed by atoms with Gasteiger partial charge in [-0.3, -0.25) is 0 Å². The normalized spacial score (nSPS) is 8.17. The molecule has 36 valence electrons. The zero-order valence-corrected chi connectivity index (χ0v) is 8.27. The van der Waals surface area contributed by atoms with Gasteiger partial charge in [-0.2, -0.15) is 0 Å². The molecule has 0 saturated heterocycles. The second kappa shape index (κ2) is 6.10. The van der Waals surface area contributed by atoms with E-state index < -0.39 is 0 Å². The van der Waals surface area contributed by atoms with E-state index in [2.05, 4.69) is 6.92 Å². The van der Waals surface area contributed by atoms with Crippen LogP contribution in [-0.4, -0.2) is 21.2 Å². The Labute approximate surface area is 53.8 Å². The third-order valence-corrected chi connectivity index (χ3v) is 4.14. The average molecular weight is 298 g/mol. The maximum atomic E-state index is 4.90. The Morgan fingerprint density at radius 1 is 1.67 bits per heavy atom. The van der Waals surface area contributed by atoms with Crippen molar-refractivity contribution in [2.45, 2.75) is 23.9 Å². The van der Waals surface area contributed by atoms with Crippen molar-refractivity contribution < 1.29 is 0 Å². The zero-order chi connectivity index (χ0) is 4.83. The van der Waals surface area contributed by atoms with E-state index in [1.54, 1.807) is 0 Å². The minimum atomic E-state index is -0.299. The van der Waals surface area contributed by atoms with Gasteiger partial charge in [0.1, 0.15) is 0 Å². The average Bonchev–Trinajstić information content (AvgIpc) is 1.61. The summed E-state index contributed by atoms with van der Waals surface area (Å²) in [6.45, 7) is 2.21. The van der Waals surface area contributed by atoms with Crippen LogP contribution in [0.5, 0.6) is 0 Å². The fourth-order valence-corrected chi connectivity index (χ4v) is 3.09. The molecule has 0 bridgehead atoms. The molecule has 0 aliphatic carbocycles. The second-order valence-corrected chi connectivity index (χ2v) is 6.21. The molecule has 6 heavy (non-hydrogen) atoms. The fourth-order valence-electron chi connectivity index (χ4n) is 0.223. The van der Waals surface area contributed by atoms with Gasteiger partial charge in [0.05, 0.1) is 0 Å². The molecule has 0 N–H and O–H groups in total. The summed E-state index contributed by atoms with van der Waals surface area (Å²) in [5.74, 6) is 0. The first-order valence-electron chi connectivity index (χ1n) is 2.21. The molecular formula is C4H9BiS. The maximum absolute atomic E-state index is 4.90. The molecule has 0 amide bonds. The summed E-state index contributed by atoms with van der Waals surface area (Å²) in [6.07, 6.45) is 2.72. The third-order valence-electron chi connectivity index (χ3n) is 0.603. The van der Waals surface area contributed by atoms with Crippen molar-refractivity contribution >= 4 is 30.1 Å². The Hall–Kier alpha value is 1.10. The van der Waals surface area contributed by atoms with Crippen LogP contribution in [-0.2, 0) is 0 Å². The summed E-state index contributed by atoms with van der Waals surface area (Å²) >= 11 is -0.299. The Morgan fingerprint density at radius 3 is 2.50 bits per heavy atom. The van der Waals surface area contributed by atoms with E-state index in [4.69, 9.17) is 8.86 Å². The van der Waals surface area contributed by atoms with Gasteiger partial charge in [0.25, 0.3) is 0 Å². The molecule has 0 fully saturated rings. The quantitative estimate of drug-likeness (QED) is 0.567. The SMILES string of the molecule is CCC[CH2][Bi]=[S]. The third kappa shape index (κ3) is 5.10. The van der Waals surface area contributed by atoms with Gasteiger partial charge in [0, 0.05) is 0 Å². The molecule has 0 spiro atoms. The van der Waals surface area contributed by atoms with Crippen LogP contribution in [0.15, 0.2) is 0 Å². The molecule has 0 aromatic rings. The van der Waals surface area contributed by atoms with Crippen LogP contribution >= 0.6 is 8.86 Å². The molecule has 0 aromatic heterocycles. The van der Waals surface area contributed by atoms with Gasteiger partial charge >= 0.3 is 53.9 Å². The summed E-state index contributed by atoms with van der Waals surface area (Å²) in [6, 6.07) is 0. The molecule has 2 heteroatoms. The number of unbranched alkanes of at least 4 members (excludes halogenated alkanes) is 1. The Bertz CT molecular complexity index is 36.5. The summed E-state index contributed by atoms with van der Waals surface area (Å²) in [5, 5.41) is 0. The molecule has 0 unspecified atom stereocenters. The van der Waals surface area contributed by atoms with Crippen molar-refractivity contribution in [3.05, 3.63) is 0 Å². The first kappa shape index (κ1) is 7.10. The van der Waals surface area contributed by atoms with Gasteiger partial charge in [0.2, 0.25) is 0 Å². The van der Waals surface area contributed by atoms with Crippen molar-refractivity contribution in [2.75, 3.05) is 0 Å². The molecule has 0 aromatic carbocycles. The van der Waals surface area contributed by atoms with Gasteiger partial charge in [-0.25, -0.2) is 0 Å². The molecule has 0 rings (SSSR count). The van der Waals surface area contributed by atoms with E-state index in [0.717, 1.165) is 0 Å². The van der Waals surface area contributed by atoms with E-state index in [9.17, 15) is 0 Å². The molecule has 0 nitrogen and oxygen atoms in total. The van der Waals surface area contributed by atoms with Crippen LogP contribution < -0.4 is 0 Å². The van der Waals surface area contributed by atoms with Gasteiger partial charge in [-0.1, -0.05) is 0 Å². The first-order chi connectivity index (χ1) is 2.91. The summed E-state index contributed by atoms with van der Waals surface area (Å²) in [5.41, 5.74) is 0. The van der Waals surface area contributed by atoms with E-state index in [-0.39, 0.29) is 21.2 Å². The summed E-state index contributed by atoms with van der Waals surface area (Å²) in [7, 11) is 4.90. The van der Waals surface area contributed by atoms with E-state index in [0.29, 0.717) is 0 Å². The van der Waals surface area contributed by atoms with Crippen LogP contribution in [0.4, 0.5) is 0 Å². The predicted molar refractivity (Wildman–Crippen MR) is 33.1 cm³/mol. The molecule has 0 heterocycles. The molecule has 0 radical (unpaired) electrons. The number of hydrogen-bond acceptors (Lipinski definition) is 1. The molecule has 0 aliphatic heterocycles. The van der Waals surface area contributed by atoms with E-state index in [1.165, 1.54) is 17.0 Å². The molecule has 0 saturated carbocycles. The summed E-state index contributed by atoms with van der Waals surface area (Å²) in [4.78, 5) is 0. The van der Waals surface area contributed by atoms with Gasteiger partial charge in [-0.05, 0) is 0 Å². The predicted octanol–water partition coefficient (Wildman–Crippen LogP) is 2.02. The van der Waals surface area contributed by atoms with Crippen molar-refractivity contribution in [2.24, 2.45) is 0 Å². The van der Waals surface area contributed by atoms with Gasteiger partial charge < -0.3 is 0 Å². The van der Waals surface area contributed by atoms with Crippen LogP contribution in [0.25, 0.3) is 0 Å². The van der Waals surface area contributed by atoms with Crippen molar-refractivity contribution in [3.8, 4) is 0 Å². The molecule has 0 atom stereocenters. The summed E-state index contributed by atoms with van der Waals surface area (Å²) < 4.78 is 1.41. The minimum absolute atomic E-state index is 0.299. The fraction of sp³-hybridized carbons (Fsp3) is 1.00. The first-order valence-corrected chi connectivity index (χ1v) is 9.29. The van der Waals surface area contributed by atoms with Crippen LogP contribution in [0.2, 0.25) is 4.13 Å². The second-order valence-electron chi connectivity index (χ2n) is 1.21. The van der Waals surface area contributed by atoms with Crippen molar-refractivity contribution in [3.63, 3.8) is 0 Å². The zero-order valence-electron chi connectivity index (χ0n) is 3.98. The Morgan fingerprint density at radius 2 is 2.33 bits per heavy atom. The van der Waals surface area contributed by atoms with Crippen molar-refractivity contribution in [1.82, 2.24) is 0 Å². The topological polar surface area (TPSA) is 0 Å². The Balaban J connectivity index is 2.49. The number of rotatable bonds is 3. The monoisotopic (exact) mass is 298 g/mol. The standard InChI is InChI=1S/C4H9.Bi.S/c1-3-4-2;;/h1,3-4H2,2H3;;. The van der Waals surface area contributed by atoms with E-state index in [1.807, 2.05) is 0 Å². The molecule has 0 aliphatic rings. The van der Waals surface area contributed by atoms with Crippen LogP contribution in [0, 0.1) is 0 Å². The molecular weight excluding hydrogens is 289 g/mol. The van der Waals surface area contributed by atoms with Gasteiger partial charge in [0.15, 0.2) is 0 Å². The van der Waals surface area contributed by atoms with Gasteiger partial charge in [-0.15, -0.1) is 0 Å². The Kier molecular flexibility index (Phi) is 7.23.